The second kappa shape index (κ2) is 5.59. The molecule has 0 saturated carbocycles. The van der Waals surface area contributed by atoms with Gasteiger partial charge in [-0.1, -0.05) is 41.4 Å². The lowest BCUT2D eigenvalue weighted by atomic mass is 9.98. The molecule has 1 heterocycles. The van der Waals surface area contributed by atoms with Crippen molar-refractivity contribution in [1.29, 1.82) is 0 Å². The third kappa shape index (κ3) is 2.43. The first-order valence-corrected chi connectivity index (χ1v) is 7.32. The minimum absolute atomic E-state index is 0.183. The zero-order valence-electron chi connectivity index (χ0n) is 11.6. The number of hydrogen-bond donors (Lipinski definition) is 1. The average molecular weight is 332 g/mol. The molecule has 0 saturated heterocycles. The van der Waals surface area contributed by atoms with Crippen LogP contribution in [0.1, 0.15) is 16.1 Å². The van der Waals surface area contributed by atoms with Crippen LogP contribution in [-0.4, -0.2) is 16.1 Å². The SMILES string of the molecule is Cc1nc2ccc(C(=O)O)cc2c(-c2ccccc2Cl)c1Cl. The Morgan fingerprint density at radius 3 is 2.55 bits per heavy atom. The summed E-state index contributed by atoms with van der Waals surface area (Å²) in [5.74, 6) is -0.997. The lowest BCUT2D eigenvalue weighted by molar-refractivity contribution is 0.0697. The molecule has 0 amide bonds. The molecule has 3 rings (SSSR count). The number of rotatable bonds is 2. The van der Waals surface area contributed by atoms with E-state index in [0.29, 0.717) is 32.2 Å². The first-order valence-electron chi connectivity index (χ1n) is 6.57. The number of aromatic nitrogens is 1. The van der Waals surface area contributed by atoms with Crippen molar-refractivity contribution in [2.75, 3.05) is 0 Å². The van der Waals surface area contributed by atoms with Crippen molar-refractivity contribution >= 4 is 40.1 Å². The van der Waals surface area contributed by atoms with Gasteiger partial charge in [0.25, 0.3) is 0 Å². The van der Waals surface area contributed by atoms with Crippen molar-refractivity contribution in [3.05, 3.63) is 63.8 Å². The summed E-state index contributed by atoms with van der Waals surface area (Å²) in [7, 11) is 0. The molecule has 110 valence electrons. The molecule has 0 unspecified atom stereocenters. The van der Waals surface area contributed by atoms with Gasteiger partial charge in [-0.05, 0) is 31.2 Å². The molecule has 0 bridgehead atoms. The first-order chi connectivity index (χ1) is 10.5. The molecule has 0 aliphatic heterocycles. The van der Waals surface area contributed by atoms with Crippen LogP contribution in [0.25, 0.3) is 22.0 Å². The maximum Gasteiger partial charge on any atom is 0.335 e. The van der Waals surface area contributed by atoms with Crippen LogP contribution in [0.4, 0.5) is 0 Å². The number of nitrogens with zero attached hydrogens (tertiary/aromatic N) is 1. The van der Waals surface area contributed by atoms with Gasteiger partial charge in [0, 0.05) is 21.5 Å². The smallest absolute Gasteiger partial charge is 0.335 e. The molecular weight excluding hydrogens is 321 g/mol. The molecule has 1 N–H and O–H groups in total. The highest BCUT2D eigenvalue weighted by Crippen LogP contribution is 2.39. The van der Waals surface area contributed by atoms with Crippen LogP contribution in [0.15, 0.2) is 42.5 Å². The van der Waals surface area contributed by atoms with E-state index in [1.807, 2.05) is 25.1 Å². The number of carbonyl (C=O) groups is 1. The summed E-state index contributed by atoms with van der Waals surface area (Å²) in [5, 5.41) is 10.9. The molecule has 3 aromatic rings. The largest absolute Gasteiger partial charge is 0.478 e. The Kier molecular flexibility index (Phi) is 3.77. The zero-order valence-corrected chi connectivity index (χ0v) is 13.1. The molecule has 3 nitrogen and oxygen atoms in total. The van der Waals surface area contributed by atoms with Crippen molar-refractivity contribution in [1.82, 2.24) is 4.98 Å². The Balaban J connectivity index is 2.45. The van der Waals surface area contributed by atoms with Crippen molar-refractivity contribution in [2.24, 2.45) is 0 Å². The summed E-state index contributed by atoms with van der Waals surface area (Å²) >= 11 is 12.7. The Morgan fingerprint density at radius 2 is 1.86 bits per heavy atom. The Morgan fingerprint density at radius 1 is 1.14 bits per heavy atom. The third-order valence-corrected chi connectivity index (χ3v) is 4.27. The molecule has 1 aromatic heterocycles. The molecule has 0 atom stereocenters. The molecule has 0 fully saturated rings. The van der Waals surface area contributed by atoms with E-state index in [2.05, 4.69) is 4.98 Å². The standard InChI is InChI=1S/C17H11Cl2NO2/c1-9-16(19)15(11-4-2-3-5-13(11)18)12-8-10(17(21)22)6-7-14(12)20-9/h2-8H,1H3,(H,21,22). The number of carboxylic acid groups (broad SMARTS) is 1. The number of pyridine rings is 1. The van der Waals surface area contributed by atoms with Crippen LogP contribution >= 0.6 is 23.2 Å². The van der Waals surface area contributed by atoms with Gasteiger partial charge in [0.05, 0.1) is 21.8 Å². The number of carboxylic acids is 1. The van der Waals surface area contributed by atoms with E-state index in [4.69, 9.17) is 23.2 Å². The second-order valence-corrected chi connectivity index (χ2v) is 5.69. The van der Waals surface area contributed by atoms with E-state index in [1.54, 1.807) is 18.2 Å². The van der Waals surface area contributed by atoms with Crippen LogP contribution in [0.2, 0.25) is 10.0 Å². The molecule has 22 heavy (non-hydrogen) atoms. The van der Waals surface area contributed by atoms with E-state index >= 15 is 0 Å². The summed E-state index contributed by atoms with van der Waals surface area (Å²) in [6.07, 6.45) is 0. The molecule has 0 spiro atoms. The highest BCUT2D eigenvalue weighted by atomic mass is 35.5. The number of halogens is 2. The summed E-state index contributed by atoms with van der Waals surface area (Å²) in [4.78, 5) is 15.7. The maximum atomic E-state index is 11.2. The minimum atomic E-state index is -0.997. The van der Waals surface area contributed by atoms with Crippen molar-refractivity contribution < 1.29 is 9.90 Å². The number of hydrogen-bond acceptors (Lipinski definition) is 2. The molecular formula is C17H11Cl2NO2. The minimum Gasteiger partial charge on any atom is -0.478 e. The Bertz CT molecular complexity index is 907. The van der Waals surface area contributed by atoms with Gasteiger partial charge in [-0.15, -0.1) is 0 Å². The van der Waals surface area contributed by atoms with Gasteiger partial charge >= 0.3 is 5.97 Å². The van der Waals surface area contributed by atoms with E-state index < -0.39 is 5.97 Å². The van der Waals surface area contributed by atoms with Gasteiger partial charge in [-0.3, -0.25) is 4.98 Å². The summed E-state index contributed by atoms with van der Waals surface area (Å²) in [6, 6.07) is 12.1. The summed E-state index contributed by atoms with van der Waals surface area (Å²) in [5.41, 5.74) is 3.00. The topological polar surface area (TPSA) is 50.2 Å². The lowest BCUT2D eigenvalue weighted by Crippen LogP contribution is -1.98. The van der Waals surface area contributed by atoms with Crippen LogP contribution in [-0.2, 0) is 0 Å². The summed E-state index contributed by atoms with van der Waals surface area (Å²) < 4.78 is 0. The molecule has 0 aliphatic carbocycles. The van der Waals surface area contributed by atoms with Gasteiger partial charge in [-0.2, -0.15) is 0 Å². The number of fused-ring (bicyclic) bond motifs is 1. The number of aromatic carboxylic acids is 1. The number of aryl methyl sites for hydroxylation is 1. The van der Waals surface area contributed by atoms with Crippen LogP contribution < -0.4 is 0 Å². The second-order valence-electron chi connectivity index (χ2n) is 4.90. The monoisotopic (exact) mass is 331 g/mol. The fourth-order valence-corrected chi connectivity index (χ4v) is 2.90. The fourth-order valence-electron chi connectivity index (χ4n) is 2.42. The van der Waals surface area contributed by atoms with Crippen molar-refractivity contribution in [3.63, 3.8) is 0 Å². The van der Waals surface area contributed by atoms with Gasteiger partial charge in [0.15, 0.2) is 0 Å². The molecule has 0 aliphatic rings. The Labute approximate surface area is 137 Å². The molecule has 2 aromatic carbocycles. The highest BCUT2D eigenvalue weighted by Gasteiger charge is 2.16. The quantitative estimate of drug-likeness (QED) is 0.700. The summed E-state index contributed by atoms with van der Waals surface area (Å²) in [6.45, 7) is 1.81. The first kappa shape index (κ1) is 14.8. The third-order valence-electron chi connectivity index (χ3n) is 3.48. The van der Waals surface area contributed by atoms with Crippen molar-refractivity contribution in [2.45, 2.75) is 6.92 Å². The van der Waals surface area contributed by atoms with Crippen LogP contribution in [0.3, 0.4) is 0 Å². The average Bonchev–Trinajstić information content (AvgIpc) is 2.49. The van der Waals surface area contributed by atoms with E-state index in [-0.39, 0.29) is 5.56 Å². The van der Waals surface area contributed by atoms with Crippen LogP contribution in [0, 0.1) is 6.92 Å². The van der Waals surface area contributed by atoms with E-state index in [1.165, 1.54) is 6.07 Å². The lowest BCUT2D eigenvalue weighted by Gasteiger charge is -2.13. The van der Waals surface area contributed by atoms with Gasteiger partial charge in [-0.25, -0.2) is 4.79 Å². The van der Waals surface area contributed by atoms with Crippen LogP contribution in [0.5, 0.6) is 0 Å². The zero-order chi connectivity index (χ0) is 15.9. The predicted octanol–water partition coefficient (Wildman–Crippen LogP) is 5.22. The number of benzene rings is 2. The van der Waals surface area contributed by atoms with E-state index in [0.717, 1.165) is 5.56 Å². The normalized spacial score (nSPS) is 10.9. The fraction of sp³-hybridized carbons (Fsp3) is 0.0588. The van der Waals surface area contributed by atoms with Gasteiger partial charge < -0.3 is 5.11 Å². The van der Waals surface area contributed by atoms with Gasteiger partial charge in [0.2, 0.25) is 0 Å². The highest BCUT2D eigenvalue weighted by molar-refractivity contribution is 6.38. The van der Waals surface area contributed by atoms with Gasteiger partial charge in [0.1, 0.15) is 0 Å². The molecule has 0 radical (unpaired) electrons. The predicted molar refractivity (Wildman–Crippen MR) is 88.9 cm³/mol. The maximum absolute atomic E-state index is 11.2. The van der Waals surface area contributed by atoms with E-state index in [9.17, 15) is 9.90 Å². The Hall–Kier alpha value is -2.10. The molecule has 5 heteroatoms. The van der Waals surface area contributed by atoms with Crippen molar-refractivity contribution in [3.8, 4) is 11.1 Å².